The number of anilines is 1. The Morgan fingerprint density at radius 2 is 1.77 bits per heavy atom. The summed E-state index contributed by atoms with van der Waals surface area (Å²) in [6, 6.07) is 10.5. The van der Waals surface area contributed by atoms with Gasteiger partial charge in [0.2, 0.25) is 5.75 Å². The van der Waals surface area contributed by atoms with Crippen LogP contribution >= 0.6 is 0 Å². The van der Waals surface area contributed by atoms with Crippen molar-refractivity contribution < 1.29 is 19.0 Å². The third-order valence-corrected chi connectivity index (χ3v) is 4.16. The summed E-state index contributed by atoms with van der Waals surface area (Å²) in [5, 5.41) is 16.4. The lowest BCUT2D eigenvalue weighted by atomic mass is 10.1. The van der Waals surface area contributed by atoms with Gasteiger partial charge in [0, 0.05) is 11.8 Å². The average Bonchev–Trinajstić information content (AvgIpc) is 3.19. The number of nitrogens with zero attached hydrogens (tertiary/aromatic N) is 4. The maximum Gasteiger partial charge on any atom is 0.257 e. The molecule has 2 aromatic heterocycles. The molecule has 0 aliphatic rings. The number of ether oxygens (including phenoxy) is 3. The van der Waals surface area contributed by atoms with Gasteiger partial charge in [-0.05, 0) is 45.0 Å². The molecule has 2 heterocycles. The summed E-state index contributed by atoms with van der Waals surface area (Å²) < 4.78 is 18.4. The molecule has 3 rings (SSSR count). The number of aromatic nitrogens is 3. The second kappa shape index (κ2) is 10.1. The molecular formula is C22H23N5O4. The second-order valence-corrected chi connectivity index (χ2v) is 6.17. The molecule has 0 saturated heterocycles. The topological polar surface area (TPSA) is 111 Å². The summed E-state index contributed by atoms with van der Waals surface area (Å²) in [5.74, 6) is 1.48. The summed E-state index contributed by atoms with van der Waals surface area (Å²) in [5.41, 5.74) is 0.494. The standard InChI is InChI=1S/C22H23N5O4/c1-4-29-17-11-15(12-18(30-5-2)20(17)31-6-3)22(28)26-21-16(13-23)14-25-27(21)19-9-7-8-10-24-19/h7-12,14H,4-6H2,1-3H3,(H,26,28). The molecule has 0 saturated carbocycles. The summed E-state index contributed by atoms with van der Waals surface area (Å²) in [4.78, 5) is 17.3. The highest BCUT2D eigenvalue weighted by Gasteiger charge is 2.21. The highest BCUT2D eigenvalue weighted by atomic mass is 16.5. The summed E-state index contributed by atoms with van der Waals surface area (Å²) in [7, 11) is 0. The predicted octanol–water partition coefficient (Wildman–Crippen LogP) is 3.59. The second-order valence-electron chi connectivity index (χ2n) is 6.17. The average molecular weight is 421 g/mol. The summed E-state index contributed by atoms with van der Waals surface area (Å²) in [6.07, 6.45) is 2.98. The highest BCUT2D eigenvalue weighted by molar-refractivity contribution is 6.05. The summed E-state index contributed by atoms with van der Waals surface area (Å²) >= 11 is 0. The van der Waals surface area contributed by atoms with Crippen LogP contribution in [0.3, 0.4) is 0 Å². The zero-order valence-electron chi connectivity index (χ0n) is 17.6. The van der Waals surface area contributed by atoms with Crippen molar-refractivity contribution in [1.29, 1.82) is 5.26 Å². The molecule has 0 bridgehead atoms. The van der Waals surface area contributed by atoms with Gasteiger partial charge in [0.05, 0.1) is 26.0 Å². The van der Waals surface area contributed by atoms with Crippen molar-refractivity contribution in [3.05, 3.63) is 53.9 Å². The van der Waals surface area contributed by atoms with Gasteiger partial charge in [-0.3, -0.25) is 4.79 Å². The van der Waals surface area contributed by atoms with Gasteiger partial charge >= 0.3 is 0 Å². The van der Waals surface area contributed by atoms with Crippen molar-refractivity contribution in [1.82, 2.24) is 14.8 Å². The van der Waals surface area contributed by atoms with Crippen molar-refractivity contribution >= 4 is 11.7 Å². The number of amides is 1. The van der Waals surface area contributed by atoms with Crippen molar-refractivity contribution in [2.75, 3.05) is 25.1 Å². The Hall–Kier alpha value is -4.06. The molecule has 1 aromatic carbocycles. The van der Waals surface area contributed by atoms with Crippen molar-refractivity contribution in [3.8, 4) is 29.1 Å². The first kappa shape index (κ1) is 21.6. The molecule has 9 heteroatoms. The number of nitriles is 1. The molecule has 1 amide bonds. The molecule has 0 unspecified atom stereocenters. The van der Waals surface area contributed by atoms with Crippen molar-refractivity contribution in [2.45, 2.75) is 20.8 Å². The smallest absolute Gasteiger partial charge is 0.257 e. The number of pyridine rings is 1. The quantitative estimate of drug-likeness (QED) is 0.562. The Labute approximate surface area is 180 Å². The van der Waals surface area contributed by atoms with Crippen molar-refractivity contribution in [3.63, 3.8) is 0 Å². The third kappa shape index (κ3) is 4.75. The Kier molecular flexibility index (Phi) is 7.06. The van der Waals surface area contributed by atoms with Crippen LogP contribution in [0.2, 0.25) is 0 Å². The van der Waals surface area contributed by atoms with Crippen LogP contribution in [-0.2, 0) is 0 Å². The third-order valence-electron chi connectivity index (χ3n) is 4.16. The van der Waals surface area contributed by atoms with Gasteiger partial charge in [-0.1, -0.05) is 6.07 Å². The van der Waals surface area contributed by atoms with E-state index in [9.17, 15) is 10.1 Å². The molecule has 9 nitrogen and oxygen atoms in total. The number of hydrogen-bond acceptors (Lipinski definition) is 7. The lowest BCUT2D eigenvalue weighted by molar-refractivity contribution is 0.102. The highest BCUT2D eigenvalue weighted by Crippen LogP contribution is 2.39. The molecule has 0 aliphatic heterocycles. The van der Waals surface area contributed by atoms with Crippen LogP contribution < -0.4 is 19.5 Å². The molecule has 160 valence electrons. The van der Waals surface area contributed by atoms with E-state index >= 15 is 0 Å². The molecule has 1 N–H and O–H groups in total. The van der Waals surface area contributed by atoms with Crippen LogP contribution in [0.4, 0.5) is 5.82 Å². The van der Waals surface area contributed by atoms with Crippen LogP contribution in [0.25, 0.3) is 5.82 Å². The Morgan fingerprint density at radius 3 is 2.32 bits per heavy atom. The maximum absolute atomic E-state index is 13.1. The van der Waals surface area contributed by atoms with Crippen LogP contribution in [0.1, 0.15) is 36.7 Å². The minimum Gasteiger partial charge on any atom is -0.490 e. The van der Waals surface area contributed by atoms with Gasteiger partial charge in [0.25, 0.3) is 5.91 Å². The van der Waals surface area contributed by atoms with Gasteiger partial charge in [-0.25, -0.2) is 4.98 Å². The fourth-order valence-electron chi connectivity index (χ4n) is 2.90. The minimum atomic E-state index is -0.459. The maximum atomic E-state index is 13.1. The number of carbonyl (C=O) groups excluding carboxylic acids is 1. The fraction of sp³-hybridized carbons (Fsp3) is 0.273. The Balaban J connectivity index is 2.01. The van der Waals surface area contributed by atoms with E-state index in [1.54, 1.807) is 36.5 Å². The van der Waals surface area contributed by atoms with E-state index in [1.165, 1.54) is 10.9 Å². The van der Waals surface area contributed by atoms with Gasteiger partial charge in [-0.2, -0.15) is 15.0 Å². The first-order valence-corrected chi connectivity index (χ1v) is 9.90. The van der Waals surface area contributed by atoms with E-state index in [2.05, 4.69) is 15.4 Å². The molecule has 0 aliphatic carbocycles. The SMILES string of the molecule is CCOc1cc(C(=O)Nc2c(C#N)cnn2-c2ccccn2)cc(OCC)c1OCC. The first-order valence-electron chi connectivity index (χ1n) is 9.90. The molecule has 0 fully saturated rings. The summed E-state index contributed by atoms with van der Waals surface area (Å²) in [6.45, 7) is 6.74. The number of rotatable bonds is 9. The van der Waals surface area contributed by atoms with E-state index in [0.29, 0.717) is 42.9 Å². The monoisotopic (exact) mass is 421 g/mol. The molecule has 3 aromatic rings. The van der Waals surface area contributed by atoms with Crippen LogP contribution in [0.5, 0.6) is 17.2 Å². The zero-order chi connectivity index (χ0) is 22.2. The number of benzene rings is 1. The van der Waals surface area contributed by atoms with Crippen LogP contribution in [0.15, 0.2) is 42.7 Å². The minimum absolute atomic E-state index is 0.208. The number of nitrogens with one attached hydrogen (secondary N) is 1. The van der Waals surface area contributed by atoms with E-state index in [1.807, 2.05) is 26.8 Å². The number of carbonyl (C=O) groups is 1. The van der Waals surface area contributed by atoms with E-state index < -0.39 is 5.91 Å². The van der Waals surface area contributed by atoms with Gasteiger partial charge < -0.3 is 19.5 Å². The van der Waals surface area contributed by atoms with E-state index in [4.69, 9.17) is 14.2 Å². The lowest BCUT2D eigenvalue weighted by Gasteiger charge is -2.17. The van der Waals surface area contributed by atoms with E-state index in [0.717, 1.165) is 0 Å². The largest absolute Gasteiger partial charge is 0.490 e. The van der Waals surface area contributed by atoms with Crippen molar-refractivity contribution in [2.24, 2.45) is 0 Å². The first-order chi connectivity index (χ1) is 15.1. The normalized spacial score (nSPS) is 10.3. The molecular weight excluding hydrogens is 398 g/mol. The van der Waals surface area contributed by atoms with Gasteiger partial charge in [0.15, 0.2) is 23.1 Å². The molecule has 0 radical (unpaired) electrons. The lowest BCUT2D eigenvalue weighted by Crippen LogP contribution is -2.17. The van der Waals surface area contributed by atoms with Crippen LogP contribution in [0, 0.1) is 11.3 Å². The number of hydrogen-bond donors (Lipinski definition) is 1. The fourth-order valence-corrected chi connectivity index (χ4v) is 2.90. The predicted molar refractivity (Wildman–Crippen MR) is 114 cm³/mol. The molecule has 0 spiro atoms. The molecule has 0 atom stereocenters. The van der Waals surface area contributed by atoms with Gasteiger partial charge in [-0.15, -0.1) is 0 Å². The molecule has 31 heavy (non-hydrogen) atoms. The Bertz CT molecular complexity index is 1060. The van der Waals surface area contributed by atoms with Crippen LogP contribution in [-0.4, -0.2) is 40.5 Å². The van der Waals surface area contributed by atoms with E-state index in [-0.39, 0.29) is 16.9 Å². The van der Waals surface area contributed by atoms with Gasteiger partial charge in [0.1, 0.15) is 11.6 Å². The zero-order valence-corrected chi connectivity index (χ0v) is 17.6. The Morgan fingerprint density at radius 1 is 1.10 bits per heavy atom.